The highest BCUT2D eigenvalue weighted by molar-refractivity contribution is 5.99. The number of halogens is 2. The first kappa shape index (κ1) is 14.8. The topological polar surface area (TPSA) is 55.1 Å². The summed E-state index contributed by atoms with van der Waals surface area (Å²) in [5, 5.41) is 2.76. The second-order valence-electron chi connectivity index (χ2n) is 5.69. The lowest BCUT2D eigenvalue weighted by Crippen LogP contribution is -2.31. The van der Waals surface area contributed by atoms with Crippen LogP contribution < -0.4 is 11.1 Å². The fourth-order valence-corrected chi connectivity index (χ4v) is 2.62. The van der Waals surface area contributed by atoms with Crippen LogP contribution >= 0.6 is 0 Å². The molecule has 2 rings (SSSR count). The van der Waals surface area contributed by atoms with E-state index in [1.54, 1.807) is 0 Å². The highest BCUT2D eigenvalue weighted by Crippen LogP contribution is 2.27. The van der Waals surface area contributed by atoms with E-state index in [4.69, 9.17) is 5.73 Å². The summed E-state index contributed by atoms with van der Waals surface area (Å²) >= 11 is 0. The van der Waals surface area contributed by atoms with Crippen LogP contribution in [0.4, 0.5) is 14.5 Å². The van der Waals surface area contributed by atoms with E-state index in [0.717, 1.165) is 30.9 Å². The van der Waals surface area contributed by atoms with Crippen molar-refractivity contribution in [2.24, 2.45) is 11.8 Å². The van der Waals surface area contributed by atoms with Gasteiger partial charge in [0.2, 0.25) is 0 Å². The first-order valence-corrected chi connectivity index (χ1v) is 7.00. The van der Waals surface area contributed by atoms with Crippen molar-refractivity contribution in [3.05, 3.63) is 29.3 Å². The molecule has 1 aromatic carbocycles. The summed E-state index contributed by atoms with van der Waals surface area (Å²) in [4.78, 5) is 12.0. The Morgan fingerprint density at radius 3 is 2.50 bits per heavy atom. The van der Waals surface area contributed by atoms with E-state index in [2.05, 4.69) is 12.2 Å². The first-order valence-electron chi connectivity index (χ1n) is 7.00. The van der Waals surface area contributed by atoms with E-state index in [1.165, 1.54) is 12.8 Å². The SMILES string of the molecule is CC1CCC(CNC(=O)c2cc(F)c(F)cc2N)CC1. The van der Waals surface area contributed by atoms with Crippen LogP contribution in [0, 0.1) is 23.5 Å². The number of rotatable bonds is 3. The molecule has 0 unspecified atom stereocenters. The largest absolute Gasteiger partial charge is 0.398 e. The minimum atomic E-state index is -1.06. The van der Waals surface area contributed by atoms with Crippen molar-refractivity contribution in [2.45, 2.75) is 32.6 Å². The Kier molecular flexibility index (Phi) is 4.57. The fourth-order valence-electron chi connectivity index (χ4n) is 2.62. The minimum absolute atomic E-state index is 0.00641. The number of amides is 1. The summed E-state index contributed by atoms with van der Waals surface area (Å²) in [5.41, 5.74) is 5.50. The van der Waals surface area contributed by atoms with Crippen LogP contribution in [0.25, 0.3) is 0 Å². The van der Waals surface area contributed by atoms with Gasteiger partial charge in [-0.2, -0.15) is 0 Å². The third kappa shape index (κ3) is 3.46. The normalized spacial score (nSPS) is 22.6. The number of nitrogens with one attached hydrogen (secondary N) is 1. The zero-order valence-corrected chi connectivity index (χ0v) is 11.6. The summed E-state index contributed by atoms with van der Waals surface area (Å²) in [6.45, 7) is 2.79. The molecular weight excluding hydrogens is 262 g/mol. The van der Waals surface area contributed by atoms with E-state index in [0.29, 0.717) is 12.5 Å². The highest BCUT2D eigenvalue weighted by Gasteiger charge is 2.20. The van der Waals surface area contributed by atoms with Crippen molar-refractivity contribution in [3.63, 3.8) is 0 Å². The Morgan fingerprint density at radius 1 is 1.25 bits per heavy atom. The molecule has 0 saturated heterocycles. The van der Waals surface area contributed by atoms with Crippen LogP contribution in [0.5, 0.6) is 0 Å². The van der Waals surface area contributed by atoms with Crippen molar-refractivity contribution >= 4 is 11.6 Å². The Bertz CT molecular complexity index is 497. The molecule has 1 amide bonds. The molecule has 110 valence electrons. The summed E-state index contributed by atoms with van der Waals surface area (Å²) in [6.07, 6.45) is 4.53. The van der Waals surface area contributed by atoms with Gasteiger partial charge in [-0.25, -0.2) is 8.78 Å². The first-order chi connectivity index (χ1) is 9.47. The van der Waals surface area contributed by atoms with Gasteiger partial charge in [-0.1, -0.05) is 19.8 Å². The lowest BCUT2D eigenvalue weighted by Gasteiger charge is -2.26. The average molecular weight is 282 g/mol. The van der Waals surface area contributed by atoms with Gasteiger partial charge in [-0.05, 0) is 30.7 Å². The number of carbonyl (C=O) groups excluding carboxylic acids is 1. The van der Waals surface area contributed by atoms with E-state index in [1.807, 2.05) is 0 Å². The van der Waals surface area contributed by atoms with Gasteiger partial charge < -0.3 is 11.1 Å². The molecule has 0 atom stereocenters. The molecule has 3 nitrogen and oxygen atoms in total. The number of carbonyl (C=O) groups is 1. The van der Waals surface area contributed by atoms with Gasteiger partial charge in [0.1, 0.15) is 0 Å². The minimum Gasteiger partial charge on any atom is -0.398 e. The number of nitrogen functional groups attached to an aromatic ring is 1. The summed E-state index contributed by atoms with van der Waals surface area (Å²) < 4.78 is 26.1. The lowest BCUT2D eigenvalue weighted by molar-refractivity contribution is 0.0942. The van der Waals surface area contributed by atoms with Crippen molar-refractivity contribution in [3.8, 4) is 0 Å². The van der Waals surface area contributed by atoms with Crippen molar-refractivity contribution in [1.29, 1.82) is 0 Å². The average Bonchev–Trinajstić information content (AvgIpc) is 2.42. The highest BCUT2D eigenvalue weighted by atomic mass is 19.2. The smallest absolute Gasteiger partial charge is 0.253 e. The third-order valence-corrected chi connectivity index (χ3v) is 4.02. The van der Waals surface area contributed by atoms with Crippen LogP contribution in [-0.4, -0.2) is 12.5 Å². The molecule has 0 aliphatic heterocycles. The molecule has 5 heteroatoms. The molecule has 0 bridgehead atoms. The zero-order chi connectivity index (χ0) is 14.7. The van der Waals surface area contributed by atoms with Crippen molar-refractivity contribution < 1.29 is 13.6 Å². The second kappa shape index (κ2) is 6.20. The summed E-state index contributed by atoms with van der Waals surface area (Å²) in [6, 6.07) is 1.69. The quantitative estimate of drug-likeness (QED) is 0.837. The molecular formula is C15H20F2N2O. The Hall–Kier alpha value is -1.65. The van der Waals surface area contributed by atoms with E-state index < -0.39 is 17.5 Å². The van der Waals surface area contributed by atoms with Crippen LogP contribution in [0.15, 0.2) is 12.1 Å². The molecule has 1 aliphatic rings. The molecule has 20 heavy (non-hydrogen) atoms. The van der Waals surface area contributed by atoms with E-state index >= 15 is 0 Å². The van der Waals surface area contributed by atoms with Gasteiger partial charge in [-0.3, -0.25) is 4.79 Å². The number of benzene rings is 1. The van der Waals surface area contributed by atoms with Gasteiger partial charge in [-0.15, -0.1) is 0 Å². The van der Waals surface area contributed by atoms with Gasteiger partial charge in [0.05, 0.1) is 5.56 Å². The van der Waals surface area contributed by atoms with Gasteiger partial charge >= 0.3 is 0 Å². The molecule has 0 spiro atoms. The number of hydrogen-bond acceptors (Lipinski definition) is 2. The molecule has 1 aromatic rings. The molecule has 1 aliphatic carbocycles. The second-order valence-corrected chi connectivity index (χ2v) is 5.69. The lowest BCUT2D eigenvalue weighted by atomic mass is 9.83. The van der Waals surface area contributed by atoms with Crippen LogP contribution in [0.3, 0.4) is 0 Å². The molecule has 1 fully saturated rings. The zero-order valence-electron chi connectivity index (χ0n) is 11.6. The van der Waals surface area contributed by atoms with Crippen LogP contribution in [-0.2, 0) is 0 Å². The maximum atomic E-state index is 13.1. The Balaban J connectivity index is 1.93. The molecule has 0 heterocycles. The van der Waals surface area contributed by atoms with Crippen molar-refractivity contribution in [1.82, 2.24) is 5.32 Å². The Labute approximate surface area is 117 Å². The predicted molar refractivity (Wildman–Crippen MR) is 74.2 cm³/mol. The number of hydrogen-bond donors (Lipinski definition) is 2. The maximum Gasteiger partial charge on any atom is 0.253 e. The monoisotopic (exact) mass is 282 g/mol. The van der Waals surface area contributed by atoms with Gasteiger partial charge in [0.15, 0.2) is 11.6 Å². The molecule has 0 radical (unpaired) electrons. The number of anilines is 1. The fraction of sp³-hybridized carbons (Fsp3) is 0.533. The summed E-state index contributed by atoms with van der Waals surface area (Å²) in [7, 11) is 0. The van der Waals surface area contributed by atoms with Crippen molar-refractivity contribution in [2.75, 3.05) is 12.3 Å². The predicted octanol–water partition coefficient (Wildman–Crippen LogP) is 3.10. The van der Waals surface area contributed by atoms with Gasteiger partial charge in [0, 0.05) is 18.3 Å². The number of nitrogens with two attached hydrogens (primary N) is 1. The summed E-state index contributed by atoms with van der Waals surface area (Å²) in [5.74, 6) is -1.33. The van der Waals surface area contributed by atoms with Gasteiger partial charge in [0.25, 0.3) is 5.91 Å². The van der Waals surface area contributed by atoms with E-state index in [-0.39, 0.29) is 11.3 Å². The van der Waals surface area contributed by atoms with Crippen LogP contribution in [0.1, 0.15) is 43.0 Å². The third-order valence-electron chi connectivity index (χ3n) is 4.02. The molecule has 1 saturated carbocycles. The van der Waals surface area contributed by atoms with Crippen LogP contribution in [0.2, 0.25) is 0 Å². The molecule has 0 aromatic heterocycles. The maximum absolute atomic E-state index is 13.1. The van der Waals surface area contributed by atoms with E-state index in [9.17, 15) is 13.6 Å². The standard InChI is InChI=1S/C15H20F2N2O/c1-9-2-4-10(5-3-9)8-19-15(20)11-6-12(16)13(17)7-14(11)18/h6-7,9-10H,2-5,8,18H2,1H3,(H,19,20). The Morgan fingerprint density at radius 2 is 1.85 bits per heavy atom. The molecule has 3 N–H and O–H groups in total.